The van der Waals surface area contributed by atoms with E-state index in [0.717, 1.165) is 24.4 Å². The Morgan fingerprint density at radius 2 is 2.09 bits per heavy atom. The lowest BCUT2D eigenvalue weighted by Crippen LogP contribution is -2.08. The standard InChI is InChI=1S/C14H8ClF3N2O2/c1-2-8-12(14(21)22)20-9(5-19-8)10-6(13(17)18)3-4-7(15)11(10)16/h2-5,13H,1H2,(H,21,22). The quantitative estimate of drug-likeness (QED) is 0.913. The fraction of sp³-hybridized carbons (Fsp3) is 0.0714. The zero-order valence-electron chi connectivity index (χ0n) is 10.9. The minimum atomic E-state index is -2.99. The van der Waals surface area contributed by atoms with E-state index in [1.54, 1.807) is 0 Å². The molecule has 2 aromatic rings. The largest absolute Gasteiger partial charge is 0.476 e. The van der Waals surface area contributed by atoms with Gasteiger partial charge in [0.05, 0.1) is 22.6 Å². The SMILES string of the molecule is C=Cc1ncc(-c2c(C(F)F)ccc(Cl)c2F)nc1C(=O)O. The zero-order valence-corrected chi connectivity index (χ0v) is 11.6. The molecule has 1 heterocycles. The zero-order chi connectivity index (χ0) is 16.4. The molecule has 22 heavy (non-hydrogen) atoms. The molecule has 0 aliphatic carbocycles. The monoisotopic (exact) mass is 328 g/mol. The summed E-state index contributed by atoms with van der Waals surface area (Å²) in [4.78, 5) is 18.6. The maximum atomic E-state index is 14.1. The van der Waals surface area contributed by atoms with Crippen LogP contribution in [0.15, 0.2) is 24.9 Å². The number of halogens is 4. The average Bonchev–Trinajstić information content (AvgIpc) is 2.48. The molecular weight excluding hydrogens is 321 g/mol. The van der Waals surface area contributed by atoms with E-state index in [2.05, 4.69) is 16.5 Å². The molecule has 114 valence electrons. The molecule has 0 atom stereocenters. The molecule has 0 bridgehead atoms. The van der Waals surface area contributed by atoms with Crippen molar-refractivity contribution in [1.29, 1.82) is 0 Å². The van der Waals surface area contributed by atoms with Gasteiger partial charge in [0.15, 0.2) is 11.5 Å². The summed E-state index contributed by atoms with van der Waals surface area (Å²) in [5.74, 6) is -2.55. The normalized spacial score (nSPS) is 10.8. The first kappa shape index (κ1) is 16.0. The third kappa shape index (κ3) is 2.80. The van der Waals surface area contributed by atoms with Gasteiger partial charge in [-0.05, 0) is 12.1 Å². The van der Waals surface area contributed by atoms with E-state index in [0.29, 0.717) is 0 Å². The molecule has 0 unspecified atom stereocenters. The summed E-state index contributed by atoms with van der Waals surface area (Å²) in [5.41, 5.74) is -2.16. The number of carboxylic acids is 1. The van der Waals surface area contributed by atoms with Gasteiger partial charge in [-0.2, -0.15) is 0 Å². The Balaban J connectivity index is 2.76. The van der Waals surface area contributed by atoms with Gasteiger partial charge in [-0.25, -0.2) is 22.9 Å². The third-order valence-corrected chi connectivity index (χ3v) is 3.11. The van der Waals surface area contributed by atoms with Crippen LogP contribution < -0.4 is 0 Å². The van der Waals surface area contributed by atoms with Crippen LogP contribution in [-0.4, -0.2) is 21.0 Å². The van der Waals surface area contributed by atoms with Crippen molar-refractivity contribution in [3.8, 4) is 11.3 Å². The predicted molar refractivity (Wildman–Crippen MR) is 74.4 cm³/mol. The second-order valence-corrected chi connectivity index (χ2v) is 4.53. The Bertz CT molecular complexity index is 766. The van der Waals surface area contributed by atoms with Crippen molar-refractivity contribution < 1.29 is 23.1 Å². The minimum absolute atomic E-state index is 0.0581. The number of carbonyl (C=O) groups is 1. The average molecular weight is 329 g/mol. The maximum Gasteiger partial charge on any atom is 0.356 e. The number of nitrogens with zero attached hydrogens (tertiary/aromatic N) is 2. The summed E-state index contributed by atoms with van der Waals surface area (Å²) in [7, 11) is 0. The van der Waals surface area contributed by atoms with E-state index in [9.17, 15) is 18.0 Å². The van der Waals surface area contributed by atoms with Gasteiger partial charge in [0.1, 0.15) is 0 Å². The van der Waals surface area contributed by atoms with E-state index in [1.807, 2.05) is 0 Å². The Morgan fingerprint density at radius 1 is 1.41 bits per heavy atom. The maximum absolute atomic E-state index is 14.1. The van der Waals surface area contributed by atoms with Crippen molar-refractivity contribution in [2.75, 3.05) is 0 Å². The number of carboxylic acid groups (broad SMARTS) is 1. The molecule has 0 radical (unpaired) electrons. The first-order valence-electron chi connectivity index (χ1n) is 5.86. The highest BCUT2D eigenvalue weighted by molar-refractivity contribution is 6.31. The number of alkyl halides is 2. The Kier molecular flexibility index (Phi) is 4.46. The van der Waals surface area contributed by atoms with Gasteiger partial charge in [-0.15, -0.1) is 0 Å². The van der Waals surface area contributed by atoms with Crippen molar-refractivity contribution in [2.45, 2.75) is 6.43 Å². The molecule has 4 nitrogen and oxygen atoms in total. The number of hydrogen-bond acceptors (Lipinski definition) is 3. The van der Waals surface area contributed by atoms with Crippen LogP contribution in [0.2, 0.25) is 5.02 Å². The first-order valence-corrected chi connectivity index (χ1v) is 6.23. The number of aromatic carboxylic acids is 1. The molecule has 2 rings (SSSR count). The summed E-state index contributed by atoms with van der Waals surface area (Å²) in [6.07, 6.45) is -0.858. The van der Waals surface area contributed by atoms with E-state index in [-0.39, 0.29) is 16.4 Å². The van der Waals surface area contributed by atoms with Crippen molar-refractivity contribution in [2.24, 2.45) is 0 Å². The highest BCUT2D eigenvalue weighted by atomic mass is 35.5. The molecular formula is C14H8ClF3N2O2. The van der Waals surface area contributed by atoms with Crippen LogP contribution in [-0.2, 0) is 0 Å². The first-order chi connectivity index (χ1) is 10.4. The summed E-state index contributed by atoms with van der Waals surface area (Å²) < 4.78 is 40.2. The van der Waals surface area contributed by atoms with Crippen molar-refractivity contribution in [3.63, 3.8) is 0 Å². The molecule has 0 spiro atoms. The van der Waals surface area contributed by atoms with Crippen LogP contribution in [0, 0.1) is 5.82 Å². The Hall–Kier alpha value is -2.41. The number of aromatic nitrogens is 2. The second-order valence-electron chi connectivity index (χ2n) is 4.12. The predicted octanol–water partition coefficient (Wildman–Crippen LogP) is 4.21. The lowest BCUT2D eigenvalue weighted by atomic mass is 10.0. The highest BCUT2D eigenvalue weighted by Crippen LogP contribution is 2.35. The smallest absolute Gasteiger partial charge is 0.356 e. The van der Waals surface area contributed by atoms with Gasteiger partial charge in [0.25, 0.3) is 6.43 Å². The molecule has 1 aromatic heterocycles. The molecule has 1 aromatic carbocycles. The van der Waals surface area contributed by atoms with E-state index in [1.165, 1.54) is 0 Å². The van der Waals surface area contributed by atoms with E-state index in [4.69, 9.17) is 16.7 Å². The van der Waals surface area contributed by atoms with Crippen LogP contribution in [0.1, 0.15) is 28.2 Å². The molecule has 8 heteroatoms. The fourth-order valence-electron chi connectivity index (χ4n) is 1.83. The fourth-order valence-corrected chi connectivity index (χ4v) is 1.99. The number of rotatable bonds is 4. The van der Waals surface area contributed by atoms with Gasteiger partial charge in [-0.1, -0.05) is 24.2 Å². The van der Waals surface area contributed by atoms with Gasteiger partial charge in [0, 0.05) is 11.1 Å². The summed E-state index contributed by atoms with van der Waals surface area (Å²) in [6.45, 7) is 3.37. The van der Waals surface area contributed by atoms with Crippen LogP contribution in [0.3, 0.4) is 0 Å². The summed E-state index contributed by atoms with van der Waals surface area (Å²) in [5, 5.41) is 8.67. The molecule has 0 fully saturated rings. The molecule has 0 saturated carbocycles. The molecule has 1 N–H and O–H groups in total. The molecule has 0 amide bonds. The van der Waals surface area contributed by atoms with Gasteiger partial charge in [0.2, 0.25) is 0 Å². The van der Waals surface area contributed by atoms with Crippen LogP contribution in [0.4, 0.5) is 13.2 Å². The number of hydrogen-bond donors (Lipinski definition) is 1. The summed E-state index contributed by atoms with van der Waals surface area (Å²) in [6, 6.07) is 1.94. The van der Waals surface area contributed by atoms with Gasteiger partial charge < -0.3 is 5.11 Å². The van der Waals surface area contributed by atoms with E-state index >= 15 is 0 Å². The minimum Gasteiger partial charge on any atom is -0.476 e. The molecule has 0 aliphatic heterocycles. The summed E-state index contributed by atoms with van der Waals surface area (Å²) >= 11 is 5.60. The lowest BCUT2D eigenvalue weighted by Gasteiger charge is -2.11. The van der Waals surface area contributed by atoms with Crippen molar-refractivity contribution in [3.05, 3.63) is 52.7 Å². The van der Waals surface area contributed by atoms with Gasteiger partial charge >= 0.3 is 5.97 Å². The molecule has 0 aliphatic rings. The third-order valence-electron chi connectivity index (χ3n) is 2.82. The van der Waals surface area contributed by atoms with E-state index < -0.39 is 35.0 Å². The van der Waals surface area contributed by atoms with Crippen molar-refractivity contribution >= 4 is 23.6 Å². The van der Waals surface area contributed by atoms with Gasteiger partial charge in [-0.3, -0.25) is 4.98 Å². The van der Waals surface area contributed by atoms with Crippen LogP contribution in [0.5, 0.6) is 0 Å². The second kappa shape index (κ2) is 6.15. The van der Waals surface area contributed by atoms with Crippen LogP contribution in [0.25, 0.3) is 17.3 Å². The highest BCUT2D eigenvalue weighted by Gasteiger charge is 2.23. The van der Waals surface area contributed by atoms with Crippen molar-refractivity contribution in [1.82, 2.24) is 9.97 Å². The topological polar surface area (TPSA) is 63.1 Å². The number of benzene rings is 1. The Labute approximate surface area is 127 Å². The van der Waals surface area contributed by atoms with Crippen LogP contribution >= 0.6 is 11.6 Å². The Morgan fingerprint density at radius 3 is 2.64 bits per heavy atom. The molecule has 0 saturated heterocycles. The lowest BCUT2D eigenvalue weighted by molar-refractivity contribution is 0.0690.